The van der Waals surface area contributed by atoms with Crippen molar-refractivity contribution in [3.63, 3.8) is 0 Å². The molecule has 0 radical (unpaired) electrons. The van der Waals surface area contributed by atoms with Crippen molar-refractivity contribution < 1.29 is 23.7 Å². The Morgan fingerprint density at radius 1 is 1.28 bits per heavy atom. The maximum atomic E-state index is 12.3. The fraction of sp³-hybridized carbons (Fsp3) is 0.579. The molecule has 25 heavy (non-hydrogen) atoms. The van der Waals surface area contributed by atoms with Gasteiger partial charge in [-0.3, -0.25) is 0 Å². The van der Waals surface area contributed by atoms with Crippen LogP contribution in [0, 0.1) is 11.8 Å². The standard InChI is InChI=1S/C19H23NO5/c1-11-8-13-5-6-15-19(13,14(9-11)18(21)25-15)24-10-12-4-7-16(22-2)20-17(12)23-3/h4,7,9,11,13,15H,5-6,8,10H2,1-3H3/t11-,13+,15+,19-/m1/s1. The molecule has 0 N–H and O–H groups in total. The van der Waals surface area contributed by atoms with Crippen molar-refractivity contribution in [2.24, 2.45) is 11.8 Å². The lowest BCUT2D eigenvalue weighted by Gasteiger charge is -2.38. The van der Waals surface area contributed by atoms with Gasteiger partial charge in [0.15, 0.2) is 0 Å². The highest BCUT2D eigenvalue weighted by atomic mass is 16.6. The van der Waals surface area contributed by atoms with Crippen LogP contribution in [-0.4, -0.2) is 36.9 Å². The molecule has 4 atom stereocenters. The maximum Gasteiger partial charge on any atom is 0.337 e. The molecule has 1 aromatic heterocycles. The van der Waals surface area contributed by atoms with Gasteiger partial charge < -0.3 is 18.9 Å². The summed E-state index contributed by atoms with van der Waals surface area (Å²) in [4.78, 5) is 16.6. The van der Waals surface area contributed by atoms with Crippen LogP contribution in [0.15, 0.2) is 23.8 Å². The summed E-state index contributed by atoms with van der Waals surface area (Å²) < 4.78 is 22.6. The van der Waals surface area contributed by atoms with Crippen molar-refractivity contribution in [1.82, 2.24) is 4.98 Å². The van der Waals surface area contributed by atoms with Crippen LogP contribution in [0.1, 0.15) is 31.7 Å². The molecular weight excluding hydrogens is 322 g/mol. The van der Waals surface area contributed by atoms with E-state index in [-0.39, 0.29) is 12.1 Å². The van der Waals surface area contributed by atoms with E-state index in [1.165, 1.54) is 0 Å². The summed E-state index contributed by atoms with van der Waals surface area (Å²) in [7, 11) is 3.14. The number of methoxy groups -OCH3 is 2. The van der Waals surface area contributed by atoms with Crippen LogP contribution in [0.25, 0.3) is 0 Å². The summed E-state index contributed by atoms with van der Waals surface area (Å²) in [5.41, 5.74) is 0.919. The van der Waals surface area contributed by atoms with Gasteiger partial charge in [-0.15, -0.1) is 0 Å². The monoisotopic (exact) mass is 345 g/mol. The van der Waals surface area contributed by atoms with Gasteiger partial charge in [-0.05, 0) is 37.2 Å². The highest BCUT2D eigenvalue weighted by Gasteiger charge is 2.63. The van der Waals surface area contributed by atoms with E-state index in [4.69, 9.17) is 18.9 Å². The van der Waals surface area contributed by atoms with Crippen LogP contribution >= 0.6 is 0 Å². The number of esters is 1. The van der Waals surface area contributed by atoms with Gasteiger partial charge in [0.05, 0.1) is 26.4 Å². The van der Waals surface area contributed by atoms with Gasteiger partial charge in [0.25, 0.3) is 0 Å². The van der Waals surface area contributed by atoms with Crippen LogP contribution in [0.4, 0.5) is 0 Å². The Morgan fingerprint density at radius 2 is 2.12 bits per heavy atom. The SMILES string of the molecule is COc1ccc(CO[C@@]23C4=C[C@H](C)C[C@@H]2CC[C@@H]3OC4=O)c(OC)n1. The third kappa shape index (κ3) is 2.42. The molecule has 0 bridgehead atoms. The molecule has 6 nitrogen and oxygen atoms in total. The minimum Gasteiger partial charge on any atom is -0.481 e. The molecule has 2 heterocycles. The zero-order valence-electron chi connectivity index (χ0n) is 14.8. The predicted octanol–water partition coefficient (Wildman–Crippen LogP) is 2.66. The lowest BCUT2D eigenvalue weighted by molar-refractivity contribution is -0.142. The number of pyridine rings is 1. The first-order valence-electron chi connectivity index (χ1n) is 8.73. The van der Waals surface area contributed by atoms with E-state index in [1.807, 2.05) is 12.1 Å². The molecule has 1 aromatic rings. The van der Waals surface area contributed by atoms with Crippen molar-refractivity contribution in [2.45, 2.75) is 44.5 Å². The summed E-state index contributed by atoms with van der Waals surface area (Å²) >= 11 is 0. The number of rotatable bonds is 5. The van der Waals surface area contributed by atoms with Crippen LogP contribution in [0.5, 0.6) is 11.8 Å². The number of nitrogens with zero attached hydrogens (tertiary/aromatic N) is 1. The van der Waals surface area contributed by atoms with Gasteiger partial charge >= 0.3 is 5.97 Å². The number of aromatic nitrogens is 1. The molecule has 134 valence electrons. The normalized spacial score (nSPS) is 32.8. The minimum absolute atomic E-state index is 0.180. The Kier molecular flexibility index (Phi) is 3.95. The first-order valence-corrected chi connectivity index (χ1v) is 8.73. The number of carbonyl (C=O) groups is 1. The summed E-state index contributed by atoms with van der Waals surface area (Å²) in [6.07, 6.45) is 4.76. The van der Waals surface area contributed by atoms with Crippen LogP contribution in [0.2, 0.25) is 0 Å². The number of hydrogen-bond acceptors (Lipinski definition) is 6. The number of hydrogen-bond donors (Lipinski definition) is 0. The molecule has 0 aromatic carbocycles. The molecule has 6 heteroatoms. The first-order chi connectivity index (χ1) is 12.1. The Labute approximate surface area is 147 Å². The second-order valence-corrected chi connectivity index (χ2v) is 7.07. The Bertz CT molecular complexity index is 731. The Hall–Kier alpha value is -2.08. The average Bonchev–Trinajstić information content (AvgIpc) is 3.10. The van der Waals surface area contributed by atoms with Gasteiger partial charge in [0.2, 0.25) is 11.8 Å². The second-order valence-electron chi connectivity index (χ2n) is 7.07. The minimum atomic E-state index is -0.617. The molecule has 0 amide bonds. The Morgan fingerprint density at radius 3 is 2.88 bits per heavy atom. The summed E-state index contributed by atoms with van der Waals surface area (Å²) in [5, 5.41) is 0. The predicted molar refractivity (Wildman–Crippen MR) is 89.3 cm³/mol. The third-order valence-corrected chi connectivity index (χ3v) is 5.64. The largest absolute Gasteiger partial charge is 0.481 e. The van der Waals surface area contributed by atoms with E-state index >= 15 is 0 Å². The highest BCUT2D eigenvalue weighted by Crippen LogP contribution is 2.55. The summed E-state index contributed by atoms with van der Waals surface area (Å²) in [6, 6.07) is 3.67. The molecule has 2 aliphatic carbocycles. The van der Waals surface area contributed by atoms with Gasteiger partial charge in [-0.25, -0.2) is 4.79 Å². The molecular formula is C19H23NO5. The zero-order valence-corrected chi connectivity index (χ0v) is 14.8. The average molecular weight is 345 g/mol. The molecule has 2 fully saturated rings. The summed E-state index contributed by atoms with van der Waals surface area (Å²) in [6.45, 7) is 2.46. The van der Waals surface area contributed by atoms with Crippen molar-refractivity contribution >= 4 is 5.97 Å². The van der Waals surface area contributed by atoms with Crippen molar-refractivity contribution in [3.8, 4) is 11.8 Å². The summed E-state index contributed by atoms with van der Waals surface area (Å²) in [5.74, 6) is 1.43. The molecule has 0 spiro atoms. The number of carbonyl (C=O) groups excluding carboxylic acids is 1. The van der Waals surface area contributed by atoms with Crippen LogP contribution < -0.4 is 9.47 Å². The van der Waals surface area contributed by atoms with E-state index in [0.29, 0.717) is 35.8 Å². The number of allylic oxidation sites excluding steroid dienone is 1. The zero-order chi connectivity index (χ0) is 17.6. The van der Waals surface area contributed by atoms with Crippen LogP contribution in [0.3, 0.4) is 0 Å². The molecule has 0 unspecified atom stereocenters. The second kappa shape index (κ2) is 6.02. The Balaban J connectivity index is 1.64. The maximum absolute atomic E-state index is 12.3. The van der Waals surface area contributed by atoms with Gasteiger partial charge in [-0.1, -0.05) is 13.0 Å². The van der Waals surface area contributed by atoms with E-state index < -0.39 is 5.60 Å². The van der Waals surface area contributed by atoms with E-state index in [9.17, 15) is 4.79 Å². The van der Waals surface area contributed by atoms with Crippen molar-refractivity contribution in [3.05, 3.63) is 29.3 Å². The lowest BCUT2D eigenvalue weighted by atomic mass is 9.73. The fourth-order valence-corrected chi connectivity index (χ4v) is 4.57. The molecule has 1 saturated heterocycles. The highest BCUT2D eigenvalue weighted by molar-refractivity contribution is 5.94. The van der Waals surface area contributed by atoms with Crippen LogP contribution in [-0.2, 0) is 20.9 Å². The molecule has 1 saturated carbocycles. The van der Waals surface area contributed by atoms with Gasteiger partial charge in [0.1, 0.15) is 11.7 Å². The lowest BCUT2D eigenvalue weighted by Crippen LogP contribution is -2.46. The molecule has 3 aliphatic rings. The molecule has 4 rings (SSSR count). The smallest absolute Gasteiger partial charge is 0.337 e. The quantitative estimate of drug-likeness (QED) is 0.765. The van der Waals surface area contributed by atoms with E-state index in [1.54, 1.807) is 20.3 Å². The van der Waals surface area contributed by atoms with Crippen molar-refractivity contribution in [2.75, 3.05) is 14.2 Å². The van der Waals surface area contributed by atoms with Gasteiger partial charge in [0, 0.05) is 11.6 Å². The topological polar surface area (TPSA) is 66.9 Å². The molecule has 1 aliphatic heterocycles. The van der Waals surface area contributed by atoms with Gasteiger partial charge in [-0.2, -0.15) is 4.98 Å². The number of ether oxygens (including phenoxy) is 4. The third-order valence-electron chi connectivity index (χ3n) is 5.64. The van der Waals surface area contributed by atoms with E-state index in [0.717, 1.165) is 24.8 Å². The van der Waals surface area contributed by atoms with Crippen molar-refractivity contribution in [1.29, 1.82) is 0 Å². The fourth-order valence-electron chi connectivity index (χ4n) is 4.57. The van der Waals surface area contributed by atoms with E-state index in [2.05, 4.69) is 11.9 Å². The first kappa shape index (κ1) is 16.4.